The van der Waals surface area contributed by atoms with Gasteiger partial charge in [-0.25, -0.2) is 12.7 Å². The monoisotopic (exact) mass is 247 g/mol. The van der Waals surface area contributed by atoms with E-state index in [0.29, 0.717) is 24.4 Å². The van der Waals surface area contributed by atoms with Crippen molar-refractivity contribution in [3.05, 3.63) is 0 Å². The van der Waals surface area contributed by atoms with Crippen LogP contribution in [-0.2, 0) is 10.0 Å². The van der Waals surface area contributed by atoms with Gasteiger partial charge in [-0.05, 0) is 37.0 Å². The topological polar surface area (TPSA) is 37.4 Å². The van der Waals surface area contributed by atoms with Crippen molar-refractivity contribution in [3.63, 3.8) is 0 Å². The molecule has 1 heterocycles. The molecule has 0 aromatic heterocycles. The Bertz CT molecular complexity index is 316. The Morgan fingerprint density at radius 1 is 1.19 bits per heavy atom. The first-order valence-corrected chi connectivity index (χ1v) is 7.98. The largest absolute Gasteiger partial charge is 0.213 e. The molecule has 1 aliphatic rings. The van der Waals surface area contributed by atoms with E-state index in [9.17, 15) is 8.42 Å². The lowest BCUT2D eigenvalue weighted by Gasteiger charge is -2.25. The molecule has 0 radical (unpaired) electrons. The predicted molar refractivity (Wildman–Crippen MR) is 67.8 cm³/mol. The van der Waals surface area contributed by atoms with Crippen molar-refractivity contribution in [2.45, 2.75) is 46.5 Å². The highest BCUT2D eigenvalue weighted by Gasteiger charge is 2.25. The van der Waals surface area contributed by atoms with Gasteiger partial charge >= 0.3 is 0 Å². The molecule has 0 amide bonds. The highest BCUT2D eigenvalue weighted by Crippen LogP contribution is 2.31. The molecule has 0 saturated carbocycles. The standard InChI is InChI=1S/C12H25NO2S/c1-12(2,3)10-11-6-5-8-13(9-7-11)16(4,14)15/h11H,5-10H2,1-4H3. The predicted octanol–water partition coefficient (Wildman–Crippen LogP) is 2.48. The van der Waals surface area contributed by atoms with Gasteiger partial charge in [-0.15, -0.1) is 0 Å². The van der Waals surface area contributed by atoms with Gasteiger partial charge < -0.3 is 0 Å². The average molecular weight is 247 g/mol. The lowest BCUT2D eigenvalue weighted by Crippen LogP contribution is -2.31. The fourth-order valence-electron chi connectivity index (χ4n) is 2.54. The van der Waals surface area contributed by atoms with E-state index in [0.717, 1.165) is 12.8 Å². The second kappa shape index (κ2) is 5.05. The van der Waals surface area contributed by atoms with E-state index in [1.54, 1.807) is 4.31 Å². The van der Waals surface area contributed by atoms with Gasteiger partial charge in [0, 0.05) is 13.1 Å². The maximum Gasteiger partial charge on any atom is 0.211 e. The van der Waals surface area contributed by atoms with Crippen molar-refractivity contribution in [1.82, 2.24) is 4.31 Å². The molecule has 96 valence electrons. The van der Waals surface area contributed by atoms with Gasteiger partial charge in [-0.3, -0.25) is 0 Å². The van der Waals surface area contributed by atoms with E-state index in [2.05, 4.69) is 20.8 Å². The SMILES string of the molecule is CC(C)(C)CC1CCCN(S(C)(=O)=O)CC1. The van der Waals surface area contributed by atoms with Gasteiger partial charge in [0.05, 0.1) is 6.26 Å². The molecule has 16 heavy (non-hydrogen) atoms. The van der Waals surface area contributed by atoms with Gasteiger partial charge in [0.15, 0.2) is 0 Å². The zero-order chi connectivity index (χ0) is 12.4. The summed E-state index contributed by atoms with van der Waals surface area (Å²) in [5.41, 5.74) is 0.352. The quantitative estimate of drug-likeness (QED) is 0.752. The van der Waals surface area contributed by atoms with Crippen molar-refractivity contribution in [1.29, 1.82) is 0 Å². The van der Waals surface area contributed by atoms with Crippen LogP contribution >= 0.6 is 0 Å². The summed E-state index contributed by atoms with van der Waals surface area (Å²) >= 11 is 0. The molecule has 1 saturated heterocycles. The van der Waals surface area contributed by atoms with E-state index in [1.807, 2.05) is 0 Å². The molecule has 0 spiro atoms. The van der Waals surface area contributed by atoms with Gasteiger partial charge in [0.1, 0.15) is 0 Å². The van der Waals surface area contributed by atoms with Crippen molar-refractivity contribution < 1.29 is 8.42 Å². The molecule has 0 aromatic rings. The van der Waals surface area contributed by atoms with Crippen LogP contribution in [-0.4, -0.2) is 32.1 Å². The summed E-state index contributed by atoms with van der Waals surface area (Å²) in [5.74, 6) is 0.687. The van der Waals surface area contributed by atoms with Crippen LogP contribution in [0.15, 0.2) is 0 Å². The molecule has 0 aromatic carbocycles. The molecular weight excluding hydrogens is 222 g/mol. The summed E-state index contributed by atoms with van der Waals surface area (Å²) in [6, 6.07) is 0. The minimum absolute atomic E-state index is 0.352. The van der Waals surface area contributed by atoms with Crippen LogP contribution in [0.3, 0.4) is 0 Å². The number of hydrogen-bond acceptors (Lipinski definition) is 2. The molecule has 0 aliphatic carbocycles. The minimum Gasteiger partial charge on any atom is -0.213 e. The molecule has 1 atom stereocenters. The Kier molecular flexibility index (Phi) is 4.41. The first-order chi connectivity index (χ1) is 7.18. The van der Waals surface area contributed by atoms with Crippen LogP contribution < -0.4 is 0 Å². The number of nitrogens with zero attached hydrogens (tertiary/aromatic N) is 1. The third-order valence-electron chi connectivity index (χ3n) is 3.18. The minimum atomic E-state index is -2.98. The molecule has 0 N–H and O–H groups in total. The lowest BCUT2D eigenvalue weighted by molar-refractivity contribution is 0.274. The van der Waals surface area contributed by atoms with Gasteiger partial charge in [0.25, 0.3) is 0 Å². The Balaban J connectivity index is 2.53. The molecule has 1 fully saturated rings. The van der Waals surface area contributed by atoms with Crippen LogP contribution in [0.25, 0.3) is 0 Å². The highest BCUT2D eigenvalue weighted by atomic mass is 32.2. The highest BCUT2D eigenvalue weighted by molar-refractivity contribution is 7.88. The smallest absolute Gasteiger partial charge is 0.211 e. The second-order valence-electron chi connectivity index (χ2n) is 6.22. The first kappa shape index (κ1) is 14.0. The fourth-order valence-corrected chi connectivity index (χ4v) is 3.44. The van der Waals surface area contributed by atoms with E-state index < -0.39 is 10.0 Å². The summed E-state index contributed by atoms with van der Waals surface area (Å²) in [6.07, 6.45) is 5.71. The first-order valence-electron chi connectivity index (χ1n) is 6.13. The summed E-state index contributed by atoms with van der Waals surface area (Å²) in [4.78, 5) is 0. The number of hydrogen-bond donors (Lipinski definition) is 0. The molecule has 1 aliphatic heterocycles. The zero-order valence-electron chi connectivity index (χ0n) is 11.0. The summed E-state index contributed by atoms with van der Waals surface area (Å²) in [5, 5.41) is 0. The van der Waals surface area contributed by atoms with Gasteiger partial charge in [0.2, 0.25) is 10.0 Å². The lowest BCUT2D eigenvalue weighted by atomic mass is 9.82. The molecule has 3 nitrogen and oxygen atoms in total. The molecule has 1 rings (SSSR count). The normalized spacial score (nSPS) is 25.4. The molecular formula is C12H25NO2S. The second-order valence-corrected chi connectivity index (χ2v) is 8.21. The summed E-state index contributed by atoms with van der Waals surface area (Å²) < 4.78 is 24.5. The van der Waals surface area contributed by atoms with E-state index in [-0.39, 0.29) is 0 Å². The van der Waals surface area contributed by atoms with Gasteiger partial charge in [-0.2, -0.15) is 0 Å². The van der Waals surface area contributed by atoms with Crippen molar-refractivity contribution in [2.75, 3.05) is 19.3 Å². The van der Waals surface area contributed by atoms with Crippen LogP contribution in [0.2, 0.25) is 0 Å². The molecule has 4 heteroatoms. The van der Waals surface area contributed by atoms with Crippen molar-refractivity contribution >= 4 is 10.0 Å². The zero-order valence-corrected chi connectivity index (χ0v) is 11.8. The Hall–Kier alpha value is -0.0900. The van der Waals surface area contributed by atoms with E-state index in [1.165, 1.54) is 19.1 Å². The van der Waals surface area contributed by atoms with Crippen molar-refractivity contribution in [2.24, 2.45) is 11.3 Å². The summed E-state index contributed by atoms with van der Waals surface area (Å²) in [6.45, 7) is 8.18. The average Bonchev–Trinajstić information content (AvgIpc) is 2.25. The van der Waals surface area contributed by atoms with Crippen LogP contribution in [0.4, 0.5) is 0 Å². The maximum atomic E-state index is 11.5. The van der Waals surface area contributed by atoms with Crippen LogP contribution in [0.1, 0.15) is 46.5 Å². The van der Waals surface area contributed by atoms with Crippen LogP contribution in [0.5, 0.6) is 0 Å². The third-order valence-corrected chi connectivity index (χ3v) is 4.48. The van der Waals surface area contributed by atoms with E-state index >= 15 is 0 Å². The van der Waals surface area contributed by atoms with E-state index in [4.69, 9.17) is 0 Å². The number of rotatable bonds is 2. The van der Waals surface area contributed by atoms with Crippen molar-refractivity contribution in [3.8, 4) is 0 Å². The fraction of sp³-hybridized carbons (Fsp3) is 1.00. The molecule has 0 bridgehead atoms. The number of sulfonamides is 1. The van der Waals surface area contributed by atoms with Crippen LogP contribution in [0, 0.1) is 11.3 Å². The molecule has 1 unspecified atom stereocenters. The Labute approximate surface area is 100 Å². The Morgan fingerprint density at radius 2 is 1.81 bits per heavy atom. The van der Waals surface area contributed by atoms with Gasteiger partial charge in [-0.1, -0.05) is 20.8 Å². The maximum absolute atomic E-state index is 11.5. The summed E-state index contributed by atoms with van der Waals surface area (Å²) in [7, 11) is -2.98. The Morgan fingerprint density at radius 3 is 2.31 bits per heavy atom. The third kappa shape index (κ3) is 4.83.